The first-order valence-corrected chi connectivity index (χ1v) is 18.3. The minimum absolute atomic E-state index is 0.0250. The van der Waals surface area contributed by atoms with Gasteiger partial charge in [-0.05, 0) is 76.2 Å². The van der Waals surface area contributed by atoms with Crippen LogP contribution in [0.4, 0.5) is 0 Å². The number of carbonyl (C=O) groups is 4. The molecule has 0 atom stereocenters. The Bertz CT molecular complexity index is 1760. The zero-order valence-electron chi connectivity index (χ0n) is 29.4. The van der Waals surface area contributed by atoms with Gasteiger partial charge in [0.1, 0.15) is 23.0 Å². The average Bonchev–Trinajstić information content (AvgIpc) is 3.18. The molecule has 16 nitrogen and oxygen atoms in total. The average molecular weight is 737 g/mol. The quantitative estimate of drug-likeness (QED) is 0.0808. The second kappa shape index (κ2) is 19.7. The summed E-state index contributed by atoms with van der Waals surface area (Å²) in [6, 6.07) is 25.1. The van der Waals surface area contributed by atoms with Gasteiger partial charge in [-0.25, -0.2) is 0 Å². The number of carbonyl (C=O) groups excluding carboxylic acids is 4. The van der Waals surface area contributed by atoms with Crippen LogP contribution in [-0.2, 0) is 0 Å². The summed E-state index contributed by atoms with van der Waals surface area (Å²) in [4.78, 5) is 53.7. The van der Waals surface area contributed by atoms with Crippen molar-refractivity contribution in [1.29, 1.82) is 0 Å². The van der Waals surface area contributed by atoms with E-state index in [1.807, 2.05) is 0 Å². The molecule has 4 rings (SSSR count). The maximum atomic E-state index is 13.4. The molecule has 0 bridgehead atoms. The van der Waals surface area contributed by atoms with Gasteiger partial charge in [0, 0.05) is 0 Å². The predicted molar refractivity (Wildman–Crippen MR) is 193 cm³/mol. The number of hydrogen-bond donors (Lipinski definition) is 0. The Morgan fingerprint density at radius 3 is 0.811 bits per heavy atom. The molecule has 0 fully saturated rings. The fourth-order valence-electron chi connectivity index (χ4n) is 4.48. The van der Waals surface area contributed by atoms with Crippen molar-refractivity contribution in [2.24, 2.45) is 39.6 Å². The van der Waals surface area contributed by atoms with Crippen LogP contribution in [0.3, 0.4) is 0 Å². The highest BCUT2D eigenvalue weighted by Crippen LogP contribution is 2.26. The number of amides is 4. The van der Waals surface area contributed by atoms with E-state index in [9.17, 15) is 19.2 Å². The number of nitrogens with zero attached hydrogens (tertiary/aromatic N) is 8. The van der Waals surface area contributed by atoms with Gasteiger partial charge in [0.2, 0.25) is 0 Å². The van der Waals surface area contributed by atoms with Crippen molar-refractivity contribution in [3.63, 3.8) is 0 Å². The van der Waals surface area contributed by atoms with Gasteiger partial charge < -0.3 is 18.9 Å². The Morgan fingerprint density at radius 1 is 0.396 bits per heavy atom. The SMILES string of the molecule is CCOc1ccccc1C(=O)N=N[Si](N=NC(=O)c1ccccc1OCC)(N=NC(=O)c1ccccc1OCC)N=NC(=O)c1ccccc1OCC. The third kappa shape index (κ3) is 10.7. The molecule has 0 saturated carbocycles. The number of ether oxygens (including phenoxy) is 4. The molecule has 17 heteroatoms. The topological polar surface area (TPSA) is 204 Å². The van der Waals surface area contributed by atoms with Crippen LogP contribution in [-0.4, -0.2) is 58.8 Å². The van der Waals surface area contributed by atoms with E-state index < -0.39 is 32.3 Å². The van der Waals surface area contributed by atoms with E-state index in [0.29, 0.717) is 0 Å². The highest BCUT2D eigenvalue weighted by Gasteiger charge is 2.42. The summed E-state index contributed by atoms with van der Waals surface area (Å²) in [6.45, 7) is 7.96. The molecule has 4 amide bonds. The van der Waals surface area contributed by atoms with Crippen LogP contribution in [0, 0.1) is 0 Å². The van der Waals surface area contributed by atoms with Gasteiger partial charge in [0.15, 0.2) is 0 Å². The van der Waals surface area contributed by atoms with Gasteiger partial charge in [-0.15, -0.1) is 39.6 Å². The van der Waals surface area contributed by atoms with E-state index in [4.69, 9.17) is 18.9 Å². The number of rotatable bonds is 16. The lowest BCUT2D eigenvalue weighted by molar-refractivity contribution is 0.0985. The fourth-order valence-corrected chi connectivity index (χ4v) is 5.62. The number of para-hydroxylation sites is 4. The smallest absolute Gasteiger partial charge is 0.493 e. The standard InChI is InChI=1S/C36H36N8O8Si/c1-5-49-29-21-13-9-17-25(29)33(45)37-41-53(42-38-34(46)26-18-10-14-22-30(26)50-6-2,43-39-35(47)27-19-11-15-23-31(27)51-7-3)44-40-36(48)28-20-12-16-24-32(28)52-8-4/h9-24H,5-8H2,1-4H3. The van der Waals surface area contributed by atoms with Crippen molar-refractivity contribution < 1.29 is 38.1 Å². The van der Waals surface area contributed by atoms with Crippen molar-refractivity contribution >= 4 is 32.3 Å². The molecule has 0 spiro atoms. The van der Waals surface area contributed by atoms with Gasteiger partial charge in [-0.1, -0.05) is 48.5 Å². The number of benzene rings is 4. The summed E-state index contributed by atoms with van der Waals surface area (Å²) in [5.41, 5.74) is 0.0999. The van der Waals surface area contributed by atoms with Gasteiger partial charge in [0.05, 0.1) is 48.7 Å². The molecule has 0 heterocycles. The van der Waals surface area contributed by atoms with E-state index in [1.54, 1.807) is 100 Å². The van der Waals surface area contributed by atoms with Crippen molar-refractivity contribution in [2.75, 3.05) is 26.4 Å². The molecule has 4 aromatic rings. The first-order valence-electron chi connectivity index (χ1n) is 16.5. The molecule has 0 saturated heterocycles. The van der Waals surface area contributed by atoms with Crippen molar-refractivity contribution in [3.8, 4) is 23.0 Å². The first-order chi connectivity index (χ1) is 25.8. The van der Waals surface area contributed by atoms with Crippen LogP contribution in [0.1, 0.15) is 69.1 Å². The van der Waals surface area contributed by atoms with Gasteiger partial charge in [0.25, 0.3) is 23.6 Å². The van der Waals surface area contributed by atoms with Crippen LogP contribution in [0.15, 0.2) is 137 Å². The molecule has 53 heavy (non-hydrogen) atoms. The van der Waals surface area contributed by atoms with E-state index in [0.717, 1.165) is 0 Å². The van der Waals surface area contributed by atoms with Gasteiger partial charge >= 0.3 is 8.72 Å². The van der Waals surface area contributed by atoms with Gasteiger partial charge in [-0.3, -0.25) is 19.2 Å². The minimum Gasteiger partial charge on any atom is -0.493 e. The van der Waals surface area contributed by atoms with Crippen LogP contribution in [0.25, 0.3) is 0 Å². The zero-order valence-corrected chi connectivity index (χ0v) is 30.4. The molecule has 272 valence electrons. The summed E-state index contributed by atoms with van der Waals surface area (Å²) in [5.74, 6) is -2.82. The molecule has 0 aliphatic carbocycles. The molecule has 0 N–H and O–H groups in total. The lowest BCUT2D eigenvalue weighted by Crippen LogP contribution is -2.26. The van der Waals surface area contributed by atoms with Crippen LogP contribution < -0.4 is 18.9 Å². The largest absolute Gasteiger partial charge is 0.652 e. The lowest BCUT2D eigenvalue weighted by Gasteiger charge is -2.10. The maximum Gasteiger partial charge on any atom is 0.652 e. The zero-order chi connectivity index (χ0) is 38.1. The monoisotopic (exact) mass is 736 g/mol. The van der Waals surface area contributed by atoms with Crippen LogP contribution >= 0.6 is 0 Å². The molecule has 0 aliphatic heterocycles. The second-order valence-electron chi connectivity index (χ2n) is 10.3. The minimum atomic E-state index is -4.93. The third-order valence-electron chi connectivity index (χ3n) is 6.77. The Kier molecular flexibility index (Phi) is 14.5. The van der Waals surface area contributed by atoms with E-state index in [2.05, 4.69) is 39.6 Å². The first kappa shape index (κ1) is 39.2. The van der Waals surface area contributed by atoms with Crippen molar-refractivity contribution in [3.05, 3.63) is 119 Å². The third-order valence-corrected chi connectivity index (χ3v) is 8.24. The summed E-state index contributed by atoms with van der Waals surface area (Å²) in [5, 5.41) is 15.2. The molecule has 4 aromatic carbocycles. The summed E-state index contributed by atoms with van der Waals surface area (Å²) >= 11 is 0. The van der Waals surface area contributed by atoms with Crippen molar-refractivity contribution in [2.45, 2.75) is 27.7 Å². The second-order valence-corrected chi connectivity index (χ2v) is 12.3. The Labute approximate surface area is 306 Å². The van der Waals surface area contributed by atoms with Crippen LogP contribution in [0.2, 0.25) is 0 Å². The molecule has 0 radical (unpaired) electrons. The summed E-state index contributed by atoms with van der Waals surface area (Å²) in [7, 11) is -4.93. The van der Waals surface area contributed by atoms with E-state index in [-0.39, 0.29) is 71.7 Å². The Hall–Kier alpha value is -6.62. The van der Waals surface area contributed by atoms with Crippen molar-refractivity contribution in [1.82, 2.24) is 0 Å². The lowest BCUT2D eigenvalue weighted by atomic mass is 10.2. The molecule has 0 aromatic heterocycles. The normalized spacial score (nSPS) is 12.6. The molecular weight excluding hydrogens is 701 g/mol. The van der Waals surface area contributed by atoms with E-state index in [1.165, 1.54) is 24.3 Å². The molecular formula is C36H36N8O8Si. The molecule has 0 unspecified atom stereocenters. The predicted octanol–water partition coefficient (Wildman–Crippen LogP) is 8.19. The highest BCUT2D eigenvalue weighted by atomic mass is 28.4. The van der Waals surface area contributed by atoms with E-state index >= 15 is 0 Å². The highest BCUT2D eigenvalue weighted by molar-refractivity contribution is 6.72. The Morgan fingerprint density at radius 2 is 0.604 bits per heavy atom. The molecule has 0 aliphatic rings. The van der Waals surface area contributed by atoms with Gasteiger partial charge in [-0.2, -0.15) is 0 Å². The summed E-state index contributed by atoms with van der Waals surface area (Å²) in [6.07, 6.45) is 0. The Balaban J connectivity index is 1.90. The maximum absolute atomic E-state index is 13.4. The fraction of sp³-hybridized carbons (Fsp3) is 0.222. The number of hydrogen-bond acceptors (Lipinski definition) is 12. The van der Waals surface area contributed by atoms with Crippen LogP contribution in [0.5, 0.6) is 23.0 Å². The summed E-state index contributed by atoms with van der Waals surface area (Å²) < 4.78 is 38.4.